The molecule has 4 rings (SSSR count). The first-order chi connectivity index (χ1) is 15.0. The molecule has 1 N–H and O–H groups in total. The van der Waals surface area contributed by atoms with Gasteiger partial charge in [0, 0.05) is 18.2 Å². The highest BCUT2D eigenvalue weighted by atomic mass is 32.2. The average Bonchev–Trinajstić information content (AvgIpc) is 3.51. The van der Waals surface area contributed by atoms with E-state index in [2.05, 4.69) is 33.9 Å². The summed E-state index contributed by atoms with van der Waals surface area (Å²) in [7, 11) is 1.65. The number of carbonyl (C=O) groups excluding carboxylic acids is 1. The molecule has 1 amide bonds. The van der Waals surface area contributed by atoms with E-state index in [1.807, 2.05) is 54.6 Å². The predicted molar refractivity (Wildman–Crippen MR) is 123 cm³/mol. The Kier molecular flexibility index (Phi) is 6.61. The second kappa shape index (κ2) is 9.56. The summed E-state index contributed by atoms with van der Waals surface area (Å²) >= 11 is 1.46. The van der Waals surface area contributed by atoms with Gasteiger partial charge in [-0.3, -0.25) is 4.79 Å². The van der Waals surface area contributed by atoms with Crippen molar-refractivity contribution in [3.8, 4) is 17.1 Å². The highest BCUT2D eigenvalue weighted by Gasteiger charge is 2.30. The van der Waals surface area contributed by atoms with Crippen LogP contribution in [0.25, 0.3) is 11.4 Å². The van der Waals surface area contributed by atoms with Crippen LogP contribution in [0.2, 0.25) is 0 Å². The number of thioether (sulfide) groups is 1. The molecule has 0 saturated heterocycles. The fourth-order valence-corrected chi connectivity index (χ4v) is 4.43. The molecule has 31 heavy (non-hydrogen) atoms. The van der Waals surface area contributed by atoms with Crippen molar-refractivity contribution in [3.05, 3.63) is 60.2 Å². The standard InChI is InChI=1S/C24H28N4O2S/c1-16(2)15-28-22(18-9-13-20(30-3)14-10-18)26-27-24(28)31-21(17-7-5-4-6-8-17)23(29)25-19-11-12-19/h4-10,13-14,16,19,21H,11-12,15H2,1-3H3,(H,25,29)/t21-/m1/s1. The van der Waals surface area contributed by atoms with Gasteiger partial charge in [0.15, 0.2) is 11.0 Å². The SMILES string of the molecule is COc1ccc(-c2nnc(S[C@@H](C(=O)NC3CC3)c3ccccc3)n2CC(C)C)cc1. The number of hydrogen-bond donors (Lipinski definition) is 1. The topological polar surface area (TPSA) is 69.0 Å². The van der Waals surface area contributed by atoms with Gasteiger partial charge in [0.05, 0.1) is 7.11 Å². The number of amides is 1. The average molecular weight is 437 g/mol. The van der Waals surface area contributed by atoms with E-state index in [0.29, 0.717) is 12.0 Å². The van der Waals surface area contributed by atoms with Crippen LogP contribution in [-0.4, -0.2) is 33.8 Å². The lowest BCUT2D eigenvalue weighted by atomic mass is 10.1. The predicted octanol–water partition coefficient (Wildman–Crippen LogP) is 4.72. The fraction of sp³-hybridized carbons (Fsp3) is 0.375. The van der Waals surface area contributed by atoms with Gasteiger partial charge in [-0.05, 0) is 48.6 Å². The number of benzene rings is 2. The minimum absolute atomic E-state index is 0.0313. The maximum atomic E-state index is 13.1. The fourth-order valence-electron chi connectivity index (χ4n) is 3.37. The molecule has 0 unspecified atom stereocenters. The van der Waals surface area contributed by atoms with Crippen molar-refractivity contribution in [2.24, 2.45) is 5.92 Å². The van der Waals surface area contributed by atoms with E-state index in [-0.39, 0.29) is 11.2 Å². The number of nitrogens with one attached hydrogen (secondary N) is 1. The first-order valence-corrected chi connectivity index (χ1v) is 11.5. The van der Waals surface area contributed by atoms with Crippen molar-refractivity contribution in [2.45, 2.75) is 49.7 Å². The number of carbonyl (C=O) groups is 1. The summed E-state index contributed by atoms with van der Waals surface area (Å²) in [6, 6.07) is 18.0. The number of ether oxygens (including phenoxy) is 1. The van der Waals surface area contributed by atoms with Crippen LogP contribution in [-0.2, 0) is 11.3 Å². The number of hydrogen-bond acceptors (Lipinski definition) is 5. The number of nitrogens with zero attached hydrogens (tertiary/aromatic N) is 3. The van der Waals surface area contributed by atoms with Crippen LogP contribution in [0, 0.1) is 5.92 Å². The van der Waals surface area contributed by atoms with Crippen LogP contribution >= 0.6 is 11.8 Å². The molecule has 1 saturated carbocycles. The second-order valence-corrected chi connectivity index (χ2v) is 9.30. The molecular formula is C24H28N4O2S. The van der Waals surface area contributed by atoms with Crippen molar-refractivity contribution in [3.63, 3.8) is 0 Å². The van der Waals surface area contributed by atoms with Gasteiger partial charge in [-0.15, -0.1) is 10.2 Å². The van der Waals surface area contributed by atoms with Crippen LogP contribution in [0.1, 0.15) is 37.5 Å². The lowest BCUT2D eigenvalue weighted by molar-refractivity contribution is -0.120. The molecule has 2 aromatic carbocycles. The third kappa shape index (κ3) is 5.28. The number of rotatable bonds is 9. The largest absolute Gasteiger partial charge is 0.497 e. The highest BCUT2D eigenvalue weighted by molar-refractivity contribution is 8.00. The van der Waals surface area contributed by atoms with Gasteiger partial charge < -0.3 is 14.6 Å². The Morgan fingerprint density at radius 3 is 2.45 bits per heavy atom. The van der Waals surface area contributed by atoms with Gasteiger partial charge in [0.2, 0.25) is 5.91 Å². The first kappa shape index (κ1) is 21.4. The summed E-state index contributed by atoms with van der Waals surface area (Å²) in [4.78, 5) is 13.1. The van der Waals surface area contributed by atoms with Crippen molar-refractivity contribution < 1.29 is 9.53 Å². The van der Waals surface area contributed by atoms with E-state index in [1.54, 1.807) is 7.11 Å². The van der Waals surface area contributed by atoms with Gasteiger partial charge in [-0.1, -0.05) is 55.9 Å². The van der Waals surface area contributed by atoms with Gasteiger partial charge in [-0.2, -0.15) is 0 Å². The summed E-state index contributed by atoms with van der Waals surface area (Å²) in [6.07, 6.45) is 2.12. The zero-order chi connectivity index (χ0) is 21.8. The zero-order valence-electron chi connectivity index (χ0n) is 18.1. The third-order valence-electron chi connectivity index (χ3n) is 5.10. The minimum atomic E-state index is -0.374. The number of aromatic nitrogens is 3. The van der Waals surface area contributed by atoms with Crippen molar-refractivity contribution in [1.29, 1.82) is 0 Å². The Hall–Kier alpha value is -2.80. The molecule has 0 spiro atoms. The summed E-state index contributed by atoms with van der Waals surface area (Å²) in [6.45, 7) is 5.10. The normalized spacial score (nSPS) is 14.5. The molecule has 0 bridgehead atoms. The van der Waals surface area contributed by atoms with Gasteiger partial charge in [0.25, 0.3) is 0 Å². The molecule has 7 heteroatoms. The van der Waals surface area contributed by atoms with Crippen LogP contribution in [0.15, 0.2) is 59.8 Å². The van der Waals surface area contributed by atoms with Crippen LogP contribution in [0.3, 0.4) is 0 Å². The van der Waals surface area contributed by atoms with Gasteiger partial charge in [0.1, 0.15) is 11.0 Å². The van der Waals surface area contributed by atoms with Crippen molar-refractivity contribution in [1.82, 2.24) is 20.1 Å². The first-order valence-electron chi connectivity index (χ1n) is 10.6. The van der Waals surface area contributed by atoms with E-state index >= 15 is 0 Å². The molecule has 0 radical (unpaired) electrons. The maximum absolute atomic E-state index is 13.1. The summed E-state index contributed by atoms with van der Waals surface area (Å²) in [5.41, 5.74) is 1.94. The molecule has 1 atom stereocenters. The number of methoxy groups -OCH3 is 1. The van der Waals surface area contributed by atoms with Crippen molar-refractivity contribution in [2.75, 3.05) is 7.11 Å². The molecule has 0 aliphatic heterocycles. The second-order valence-electron chi connectivity index (χ2n) is 8.23. The Labute approximate surface area is 187 Å². The third-order valence-corrected chi connectivity index (χ3v) is 6.34. The smallest absolute Gasteiger partial charge is 0.238 e. The molecule has 6 nitrogen and oxygen atoms in total. The highest BCUT2D eigenvalue weighted by Crippen LogP contribution is 2.37. The Morgan fingerprint density at radius 2 is 1.84 bits per heavy atom. The summed E-state index contributed by atoms with van der Waals surface area (Å²) in [5.74, 6) is 2.04. The van der Waals surface area contributed by atoms with Gasteiger partial charge in [-0.25, -0.2) is 0 Å². The zero-order valence-corrected chi connectivity index (χ0v) is 18.9. The molecule has 1 fully saturated rings. The van der Waals surface area contributed by atoms with Crippen molar-refractivity contribution >= 4 is 17.7 Å². The van der Waals surface area contributed by atoms with E-state index in [0.717, 1.165) is 47.2 Å². The molecule has 1 aliphatic rings. The quantitative estimate of drug-likeness (QED) is 0.492. The monoisotopic (exact) mass is 436 g/mol. The molecule has 1 heterocycles. The molecular weight excluding hydrogens is 408 g/mol. The van der Waals surface area contributed by atoms with E-state index in [1.165, 1.54) is 11.8 Å². The van der Waals surface area contributed by atoms with Crippen LogP contribution in [0.5, 0.6) is 5.75 Å². The molecule has 1 aliphatic carbocycles. The van der Waals surface area contributed by atoms with E-state index in [4.69, 9.17) is 4.74 Å². The van der Waals surface area contributed by atoms with Crippen LogP contribution in [0.4, 0.5) is 0 Å². The van der Waals surface area contributed by atoms with Crippen LogP contribution < -0.4 is 10.1 Å². The summed E-state index contributed by atoms with van der Waals surface area (Å²) in [5, 5.41) is 12.5. The van der Waals surface area contributed by atoms with E-state index in [9.17, 15) is 4.79 Å². The Morgan fingerprint density at radius 1 is 1.13 bits per heavy atom. The van der Waals surface area contributed by atoms with E-state index < -0.39 is 0 Å². The van der Waals surface area contributed by atoms with Gasteiger partial charge >= 0.3 is 0 Å². The summed E-state index contributed by atoms with van der Waals surface area (Å²) < 4.78 is 7.40. The Balaban J connectivity index is 1.67. The molecule has 1 aromatic heterocycles. The maximum Gasteiger partial charge on any atom is 0.238 e. The molecule has 3 aromatic rings. The molecule has 162 valence electrons. The minimum Gasteiger partial charge on any atom is -0.497 e. The lowest BCUT2D eigenvalue weighted by Crippen LogP contribution is -2.30. The Bertz CT molecular complexity index is 1010. The lowest BCUT2D eigenvalue weighted by Gasteiger charge is -2.18.